The van der Waals surface area contributed by atoms with Gasteiger partial charge in [-0.1, -0.05) is 23.7 Å². The van der Waals surface area contributed by atoms with Gasteiger partial charge in [0.15, 0.2) is 5.17 Å². The number of aliphatic imine (C=N–C) groups is 1. The zero-order valence-electron chi connectivity index (χ0n) is 17.5. The van der Waals surface area contributed by atoms with Crippen LogP contribution < -0.4 is 15.4 Å². The predicted octanol–water partition coefficient (Wildman–Crippen LogP) is 4.26. The molecule has 2 aliphatic rings. The van der Waals surface area contributed by atoms with Crippen LogP contribution in [0.3, 0.4) is 0 Å². The Morgan fingerprint density at radius 2 is 1.69 bits per heavy atom. The molecule has 5 rings (SSSR count). The zero-order valence-corrected chi connectivity index (χ0v) is 19.9. The molecule has 0 aliphatic carbocycles. The molecule has 3 aromatic carbocycles. The summed E-state index contributed by atoms with van der Waals surface area (Å²) in [5, 5.41) is 8.30. The second-order valence-corrected chi connectivity index (χ2v) is 10.4. The fraction of sp³-hybridized carbons (Fsp3) is 0. The predicted molar refractivity (Wildman–Crippen MR) is 133 cm³/mol. The summed E-state index contributed by atoms with van der Waals surface area (Å²) >= 11 is 6.95. The highest BCUT2D eigenvalue weighted by Crippen LogP contribution is 2.44. The van der Waals surface area contributed by atoms with Gasteiger partial charge in [0.2, 0.25) is 10.0 Å². The first-order chi connectivity index (χ1) is 16.6. The molecule has 0 unspecified atom stereocenters. The van der Waals surface area contributed by atoms with Gasteiger partial charge in [0.1, 0.15) is 5.82 Å². The number of rotatable bonds is 3. The average Bonchev–Trinajstić information content (AvgIpc) is 3.30. The van der Waals surface area contributed by atoms with E-state index in [0.29, 0.717) is 16.4 Å². The van der Waals surface area contributed by atoms with Crippen LogP contribution in [0.1, 0.15) is 5.56 Å². The SMILES string of the molecule is NS(=O)(=O)c1ccc(/N=C2\S/C(=C3\C(=O)Nc4c(F)cccc43)C(=O)N2c2ccc(Cl)cc2)cc1. The molecule has 0 spiro atoms. The molecule has 35 heavy (non-hydrogen) atoms. The topological polar surface area (TPSA) is 122 Å². The van der Waals surface area contributed by atoms with Gasteiger partial charge in [0.25, 0.3) is 11.8 Å². The van der Waals surface area contributed by atoms with E-state index in [1.807, 2.05) is 0 Å². The number of primary sulfonamides is 1. The maximum atomic E-state index is 14.3. The smallest absolute Gasteiger partial charge is 0.272 e. The van der Waals surface area contributed by atoms with Gasteiger partial charge in [-0.05, 0) is 66.4 Å². The van der Waals surface area contributed by atoms with Gasteiger partial charge in [-0.25, -0.2) is 22.9 Å². The van der Waals surface area contributed by atoms with Crippen molar-refractivity contribution in [2.24, 2.45) is 10.1 Å². The fourth-order valence-electron chi connectivity index (χ4n) is 3.62. The largest absolute Gasteiger partial charge is 0.319 e. The first-order valence-corrected chi connectivity index (χ1v) is 12.7. The number of amides is 2. The molecule has 2 amide bonds. The number of halogens is 2. The van der Waals surface area contributed by atoms with E-state index in [1.165, 1.54) is 41.3 Å². The van der Waals surface area contributed by atoms with Crippen molar-refractivity contribution in [3.8, 4) is 0 Å². The summed E-state index contributed by atoms with van der Waals surface area (Å²) in [6.45, 7) is 0. The van der Waals surface area contributed by atoms with Crippen LogP contribution in [0.4, 0.5) is 21.5 Å². The number of hydrogen-bond acceptors (Lipinski definition) is 6. The van der Waals surface area contributed by atoms with Gasteiger partial charge >= 0.3 is 0 Å². The lowest BCUT2D eigenvalue weighted by Gasteiger charge is -2.15. The van der Waals surface area contributed by atoms with Crippen LogP contribution in [0.25, 0.3) is 5.57 Å². The molecule has 1 saturated heterocycles. The minimum atomic E-state index is -3.88. The van der Waals surface area contributed by atoms with E-state index in [1.54, 1.807) is 30.3 Å². The number of nitrogens with one attached hydrogen (secondary N) is 1. The van der Waals surface area contributed by atoms with Crippen LogP contribution in [-0.2, 0) is 19.6 Å². The van der Waals surface area contributed by atoms with Gasteiger partial charge in [0, 0.05) is 10.6 Å². The molecule has 176 valence electrons. The standard InChI is InChI=1S/C23H14ClFN4O4S2/c24-12-4-8-14(9-5-12)29-22(31)20(18-16-2-1-3-17(25)19(16)28-21(18)30)34-23(29)27-13-6-10-15(11-7-13)35(26,32)33/h1-11H,(H,28,30)(H2,26,32,33)/b20-18-,27-23-. The summed E-state index contributed by atoms with van der Waals surface area (Å²) in [6, 6.07) is 16.2. The molecule has 0 saturated carbocycles. The van der Waals surface area contributed by atoms with E-state index in [9.17, 15) is 22.4 Å². The number of anilines is 2. The number of hydrogen-bond donors (Lipinski definition) is 2. The Hall–Kier alpha value is -3.51. The minimum Gasteiger partial charge on any atom is -0.319 e. The third-order valence-corrected chi connectivity index (χ3v) is 7.45. The molecular weight excluding hydrogens is 515 g/mol. The minimum absolute atomic E-state index is 0.00964. The number of benzene rings is 3. The number of fused-ring (bicyclic) bond motifs is 1. The maximum Gasteiger partial charge on any atom is 0.272 e. The number of sulfonamides is 1. The van der Waals surface area contributed by atoms with E-state index in [0.717, 1.165) is 11.8 Å². The van der Waals surface area contributed by atoms with Gasteiger partial charge in [-0.3, -0.25) is 14.5 Å². The van der Waals surface area contributed by atoms with Crippen LogP contribution in [0.2, 0.25) is 5.02 Å². The van der Waals surface area contributed by atoms with Crippen molar-refractivity contribution in [3.05, 3.63) is 88.0 Å². The van der Waals surface area contributed by atoms with E-state index >= 15 is 0 Å². The molecule has 0 atom stereocenters. The van der Waals surface area contributed by atoms with Gasteiger partial charge in [-0.2, -0.15) is 0 Å². The molecule has 0 bridgehead atoms. The third kappa shape index (κ3) is 4.23. The number of carbonyl (C=O) groups excluding carboxylic acids is 2. The number of thioether (sulfide) groups is 1. The average molecular weight is 529 g/mol. The summed E-state index contributed by atoms with van der Waals surface area (Å²) in [5.74, 6) is -1.74. The monoisotopic (exact) mass is 528 g/mol. The van der Waals surface area contributed by atoms with E-state index in [-0.39, 0.29) is 31.8 Å². The molecular formula is C23H14ClFN4O4S2. The Balaban J connectivity index is 1.65. The lowest BCUT2D eigenvalue weighted by Crippen LogP contribution is -2.29. The summed E-state index contributed by atoms with van der Waals surface area (Å²) in [6.07, 6.45) is 0. The third-order valence-electron chi connectivity index (χ3n) is 5.23. The summed E-state index contributed by atoms with van der Waals surface area (Å²) < 4.78 is 37.3. The molecule has 2 heterocycles. The van der Waals surface area contributed by atoms with Gasteiger partial charge in [0.05, 0.1) is 32.4 Å². The summed E-state index contributed by atoms with van der Waals surface area (Å²) in [7, 11) is -3.88. The summed E-state index contributed by atoms with van der Waals surface area (Å²) in [5.41, 5.74) is 1.12. The second-order valence-electron chi connectivity index (χ2n) is 7.47. The van der Waals surface area contributed by atoms with Crippen LogP contribution in [0.5, 0.6) is 0 Å². The lowest BCUT2D eigenvalue weighted by atomic mass is 10.1. The van der Waals surface area contributed by atoms with Crippen molar-refractivity contribution in [1.82, 2.24) is 0 Å². The molecule has 0 radical (unpaired) electrons. The quantitative estimate of drug-likeness (QED) is 0.492. The highest BCUT2D eigenvalue weighted by atomic mass is 35.5. The highest BCUT2D eigenvalue weighted by molar-refractivity contribution is 8.19. The van der Waals surface area contributed by atoms with Crippen LogP contribution >= 0.6 is 23.4 Å². The van der Waals surface area contributed by atoms with Gasteiger partial charge < -0.3 is 5.32 Å². The number of carbonyl (C=O) groups is 2. The van der Waals surface area contributed by atoms with E-state index in [2.05, 4.69) is 10.3 Å². The molecule has 0 aromatic heterocycles. The van der Waals surface area contributed by atoms with Crippen molar-refractivity contribution in [2.75, 3.05) is 10.2 Å². The first kappa shape index (κ1) is 23.2. The Kier molecular flexibility index (Phi) is 5.72. The maximum absolute atomic E-state index is 14.3. The van der Waals surface area contributed by atoms with Crippen molar-refractivity contribution in [1.29, 1.82) is 0 Å². The number of nitrogens with zero attached hydrogens (tertiary/aromatic N) is 2. The number of para-hydroxylation sites is 1. The van der Waals surface area contributed by atoms with Crippen LogP contribution in [-0.4, -0.2) is 25.4 Å². The Morgan fingerprint density at radius 3 is 2.34 bits per heavy atom. The van der Waals surface area contributed by atoms with Gasteiger partial charge in [-0.15, -0.1) is 0 Å². The zero-order chi connectivity index (χ0) is 24.9. The van der Waals surface area contributed by atoms with Crippen molar-refractivity contribution < 1.29 is 22.4 Å². The molecule has 12 heteroatoms. The number of amidine groups is 1. The molecule has 3 N–H and O–H groups in total. The molecule has 8 nitrogen and oxygen atoms in total. The Morgan fingerprint density at radius 1 is 1.00 bits per heavy atom. The van der Waals surface area contributed by atoms with Crippen molar-refractivity contribution >= 4 is 73.0 Å². The molecule has 2 aliphatic heterocycles. The number of nitrogens with two attached hydrogens (primary N) is 1. The van der Waals surface area contributed by atoms with E-state index < -0.39 is 27.7 Å². The van der Waals surface area contributed by atoms with Crippen LogP contribution in [0, 0.1) is 5.82 Å². The van der Waals surface area contributed by atoms with Crippen LogP contribution in [0.15, 0.2) is 81.5 Å². The first-order valence-electron chi connectivity index (χ1n) is 9.97. The van der Waals surface area contributed by atoms with Crippen molar-refractivity contribution in [3.63, 3.8) is 0 Å². The fourth-order valence-corrected chi connectivity index (χ4v) is 5.36. The summed E-state index contributed by atoms with van der Waals surface area (Å²) in [4.78, 5) is 32.1. The molecule has 1 fully saturated rings. The molecule has 3 aromatic rings. The van der Waals surface area contributed by atoms with Crippen molar-refractivity contribution in [2.45, 2.75) is 4.90 Å². The highest BCUT2D eigenvalue weighted by Gasteiger charge is 2.41. The Bertz CT molecular complexity index is 1570. The lowest BCUT2D eigenvalue weighted by molar-refractivity contribution is -0.114. The normalized spacial score (nSPS) is 18.8. The Labute approximate surface area is 208 Å². The van der Waals surface area contributed by atoms with E-state index in [4.69, 9.17) is 16.7 Å². The second kappa shape index (κ2) is 8.61.